The van der Waals surface area contributed by atoms with Crippen molar-refractivity contribution in [2.45, 2.75) is 25.4 Å². The van der Waals surface area contributed by atoms with Crippen molar-refractivity contribution in [2.24, 2.45) is 0 Å². The number of urea groups is 1. The lowest BCUT2D eigenvalue weighted by Gasteiger charge is -2.20. The number of ether oxygens (including phenoxy) is 1. The van der Waals surface area contributed by atoms with Crippen LogP contribution in [0.5, 0.6) is 0 Å². The number of anilines is 1. The van der Waals surface area contributed by atoms with E-state index in [0.29, 0.717) is 25.4 Å². The quantitative estimate of drug-likeness (QED) is 0.657. The summed E-state index contributed by atoms with van der Waals surface area (Å²) in [6.45, 7) is 1.32. The molecule has 2 aliphatic rings. The number of aromatic nitrogens is 3. The van der Waals surface area contributed by atoms with Gasteiger partial charge in [0.25, 0.3) is 5.91 Å². The Morgan fingerprint density at radius 1 is 1.31 bits per heavy atom. The minimum atomic E-state index is -0.756. The molecule has 1 saturated heterocycles. The van der Waals surface area contributed by atoms with Crippen LogP contribution in [-0.4, -0.2) is 70.6 Å². The van der Waals surface area contributed by atoms with Crippen LogP contribution < -0.4 is 10.2 Å². The zero-order valence-electron chi connectivity index (χ0n) is 16.1. The lowest BCUT2D eigenvalue weighted by atomic mass is 10.1. The van der Waals surface area contributed by atoms with E-state index in [9.17, 15) is 14.4 Å². The fourth-order valence-electron chi connectivity index (χ4n) is 3.62. The number of hydrogen-bond acceptors (Lipinski definition) is 6. The second-order valence-corrected chi connectivity index (χ2v) is 7.02. The molecule has 10 nitrogen and oxygen atoms in total. The van der Waals surface area contributed by atoms with E-state index in [-0.39, 0.29) is 18.9 Å². The molecule has 0 spiro atoms. The van der Waals surface area contributed by atoms with Gasteiger partial charge in [-0.05, 0) is 18.1 Å². The van der Waals surface area contributed by atoms with Crippen molar-refractivity contribution in [3.05, 3.63) is 41.7 Å². The third kappa shape index (κ3) is 3.83. The second kappa shape index (κ2) is 8.00. The van der Waals surface area contributed by atoms with Crippen molar-refractivity contribution in [1.82, 2.24) is 25.2 Å². The maximum Gasteiger partial charge on any atom is 0.325 e. The van der Waals surface area contributed by atoms with Crippen LogP contribution in [0.2, 0.25) is 0 Å². The van der Waals surface area contributed by atoms with Crippen molar-refractivity contribution in [3.8, 4) is 0 Å². The van der Waals surface area contributed by atoms with Crippen molar-refractivity contribution >= 4 is 23.5 Å². The maximum atomic E-state index is 12.7. The predicted molar refractivity (Wildman–Crippen MR) is 102 cm³/mol. The van der Waals surface area contributed by atoms with Gasteiger partial charge in [-0.25, -0.2) is 9.48 Å². The van der Waals surface area contributed by atoms with E-state index in [1.165, 1.54) is 0 Å². The summed E-state index contributed by atoms with van der Waals surface area (Å²) >= 11 is 0. The molecule has 2 aromatic rings. The van der Waals surface area contributed by atoms with E-state index < -0.39 is 18.0 Å². The van der Waals surface area contributed by atoms with Crippen LogP contribution in [0.1, 0.15) is 11.3 Å². The molecule has 0 radical (unpaired) electrons. The Hall–Kier alpha value is -3.27. The molecule has 0 saturated carbocycles. The third-order valence-corrected chi connectivity index (χ3v) is 5.11. The normalized spacial score (nSPS) is 18.3. The van der Waals surface area contributed by atoms with E-state index in [1.807, 2.05) is 24.3 Å². The van der Waals surface area contributed by atoms with Gasteiger partial charge in [-0.1, -0.05) is 23.4 Å². The summed E-state index contributed by atoms with van der Waals surface area (Å²) in [5, 5.41) is 10.6. The summed E-state index contributed by atoms with van der Waals surface area (Å²) in [6, 6.07) is 6.34. The molecule has 1 aromatic carbocycles. The Balaban J connectivity index is 1.38. The van der Waals surface area contributed by atoms with Crippen LogP contribution in [0.3, 0.4) is 0 Å². The minimum absolute atomic E-state index is 0.217. The molecule has 4 amide bonds. The number of carbonyl (C=O) groups excluding carboxylic acids is 3. The Morgan fingerprint density at radius 3 is 2.97 bits per heavy atom. The fourth-order valence-corrected chi connectivity index (χ4v) is 3.62. The number of nitrogens with one attached hydrogen (secondary N) is 1. The standard InChI is InChI=1S/C19H22N6O4/c1-29-9-8-23-11-14(21-22-23)10-15-18(27)25(19(28)20-15)12-17(26)24-7-6-13-4-2-3-5-16(13)24/h2-5,11,15H,6-10,12H2,1H3,(H,20,28)/t15-/m0/s1. The molecule has 0 unspecified atom stereocenters. The predicted octanol–water partition coefficient (Wildman–Crippen LogP) is -0.0233. The smallest absolute Gasteiger partial charge is 0.325 e. The SMILES string of the molecule is COCCn1cc(C[C@@H]2NC(=O)N(CC(=O)N3CCc4ccccc43)C2=O)nn1. The molecule has 0 aliphatic carbocycles. The molecule has 1 aromatic heterocycles. The van der Waals surface area contributed by atoms with E-state index in [1.54, 1.807) is 22.9 Å². The van der Waals surface area contributed by atoms with Gasteiger partial charge in [-0.2, -0.15) is 0 Å². The van der Waals surface area contributed by atoms with Crippen LogP contribution >= 0.6 is 0 Å². The number of carbonyl (C=O) groups is 3. The van der Waals surface area contributed by atoms with Gasteiger partial charge < -0.3 is 15.0 Å². The first kappa shape index (κ1) is 19.1. The summed E-state index contributed by atoms with van der Waals surface area (Å²) in [6.07, 6.45) is 2.70. The molecular weight excluding hydrogens is 376 g/mol. The summed E-state index contributed by atoms with van der Waals surface area (Å²) in [5.74, 6) is -0.702. The van der Waals surface area contributed by atoms with Gasteiger partial charge >= 0.3 is 6.03 Å². The average molecular weight is 398 g/mol. The van der Waals surface area contributed by atoms with E-state index in [2.05, 4.69) is 15.6 Å². The number of fused-ring (bicyclic) bond motifs is 1. The Morgan fingerprint density at radius 2 is 2.14 bits per heavy atom. The van der Waals surface area contributed by atoms with Crippen molar-refractivity contribution < 1.29 is 19.1 Å². The number of benzene rings is 1. The molecule has 3 heterocycles. The van der Waals surface area contributed by atoms with Gasteiger partial charge in [-0.3, -0.25) is 14.5 Å². The highest BCUT2D eigenvalue weighted by atomic mass is 16.5. The Labute approximate surface area is 167 Å². The zero-order chi connectivity index (χ0) is 20.4. The first-order valence-corrected chi connectivity index (χ1v) is 9.45. The molecule has 0 bridgehead atoms. The van der Waals surface area contributed by atoms with Gasteiger partial charge in [0.2, 0.25) is 5.91 Å². The van der Waals surface area contributed by atoms with Gasteiger partial charge in [0.05, 0.1) is 18.8 Å². The monoisotopic (exact) mass is 398 g/mol. The number of nitrogens with zero attached hydrogens (tertiary/aromatic N) is 5. The fraction of sp³-hybridized carbons (Fsp3) is 0.421. The van der Waals surface area contributed by atoms with Gasteiger partial charge in [0.15, 0.2) is 0 Å². The molecule has 1 atom stereocenters. The molecule has 152 valence electrons. The molecule has 1 N–H and O–H groups in total. The number of methoxy groups -OCH3 is 1. The second-order valence-electron chi connectivity index (χ2n) is 7.02. The summed E-state index contributed by atoms with van der Waals surface area (Å²) in [5.41, 5.74) is 2.52. The van der Waals surface area contributed by atoms with Crippen LogP contribution in [0, 0.1) is 0 Å². The highest BCUT2D eigenvalue weighted by molar-refractivity contribution is 6.08. The average Bonchev–Trinajstić information content (AvgIpc) is 3.41. The molecule has 10 heteroatoms. The number of amides is 4. The zero-order valence-corrected chi connectivity index (χ0v) is 16.1. The van der Waals surface area contributed by atoms with Gasteiger partial charge in [0, 0.05) is 32.0 Å². The van der Waals surface area contributed by atoms with Crippen LogP contribution in [0.25, 0.3) is 0 Å². The van der Waals surface area contributed by atoms with Gasteiger partial charge in [-0.15, -0.1) is 5.10 Å². The summed E-state index contributed by atoms with van der Waals surface area (Å²) in [7, 11) is 1.60. The molecule has 1 fully saturated rings. The molecule has 2 aliphatic heterocycles. The topological polar surface area (TPSA) is 110 Å². The van der Waals surface area contributed by atoms with Crippen LogP contribution in [0.15, 0.2) is 30.5 Å². The number of imide groups is 1. The number of rotatable bonds is 7. The lowest BCUT2D eigenvalue weighted by Crippen LogP contribution is -2.43. The summed E-state index contributed by atoms with van der Waals surface area (Å²) < 4.78 is 6.61. The van der Waals surface area contributed by atoms with E-state index in [0.717, 1.165) is 22.6 Å². The van der Waals surface area contributed by atoms with Crippen LogP contribution in [0.4, 0.5) is 10.5 Å². The van der Waals surface area contributed by atoms with Crippen LogP contribution in [-0.2, 0) is 33.7 Å². The first-order chi connectivity index (χ1) is 14.1. The lowest BCUT2D eigenvalue weighted by molar-refractivity contribution is -0.131. The maximum absolute atomic E-state index is 12.7. The number of hydrogen-bond donors (Lipinski definition) is 1. The summed E-state index contributed by atoms with van der Waals surface area (Å²) in [4.78, 5) is 40.3. The van der Waals surface area contributed by atoms with Crippen molar-refractivity contribution in [2.75, 3.05) is 31.7 Å². The number of para-hydroxylation sites is 1. The first-order valence-electron chi connectivity index (χ1n) is 9.45. The van der Waals surface area contributed by atoms with E-state index >= 15 is 0 Å². The van der Waals surface area contributed by atoms with E-state index in [4.69, 9.17) is 4.74 Å². The highest BCUT2D eigenvalue weighted by Gasteiger charge is 2.40. The molecule has 29 heavy (non-hydrogen) atoms. The van der Waals surface area contributed by atoms with Gasteiger partial charge in [0.1, 0.15) is 12.6 Å². The molecular formula is C19H22N6O4. The highest BCUT2D eigenvalue weighted by Crippen LogP contribution is 2.27. The Kier molecular flexibility index (Phi) is 5.26. The third-order valence-electron chi connectivity index (χ3n) is 5.11. The van der Waals surface area contributed by atoms with Crippen molar-refractivity contribution in [3.63, 3.8) is 0 Å². The molecule has 4 rings (SSSR count). The largest absolute Gasteiger partial charge is 0.383 e. The minimum Gasteiger partial charge on any atom is -0.383 e. The Bertz CT molecular complexity index is 942. The van der Waals surface area contributed by atoms with Crippen molar-refractivity contribution in [1.29, 1.82) is 0 Å².